The lowest BCUT2D eigenvalue weighted by Gasteiger charge is -2.17. The van der Waals surface area contributed by atoms with Crippen LogP contribution in [0.2, 0.25) is 0 Å². The molecular weight excluding hydrogens is 397 g/mol. The first-order valence-electron chi connectivity index (χ1n) is 8.19. The van der Waals surface area contributed by atoms with E-state index in [0.717, 1.165) is 16.4 Å². The summed E-state index contributed by atoms with van der Waals surface area (Å²) in [6, 6.07) is 11.9. The summed E-state index contributed by atoms with van der Waals surface area (Å²) in [5, 5.41) is 2.49. The highest BCUT2D eigenvalue weighted by Gasteiger charge is 2.30. The Bertz CT molecular complexity index is 885. The summed E-state index contributed by atoms with van der Waals surface area (Å²) in [4.78, 5) is 12.0. The van der Waals surface area contributed by atoms with E-state index >= 15 is 0 Å². The van der Waals surface area contributed by atoms with Gasteiger partial charge in [0.1, 0.15) is 12.4 Å². The van der Waals surface area contributed by atoms with Gasteiger partial charge in [-0.2, -0.15) is 17.5 Å². The van der Waals surface area contributed by atoms with Crippen LogP contribution in [0.5, 0.6) is 5.75 Å². The summed E-state index contributed by atoms with van der Waals surface area (Å²) < 4.78 is 68.2. The van der Waals surface area contributed by atoms with E-state index in [1.807, 2.05) is 0 Å². The largest absolute Gasteiger partial charge is 0.492 e. The first kappa shape index (κ1) is 21.7. The molecule has 0 saturated heterocycles. The maximum Gasteiger partial charge on any atom is 0.416 e. The number of likely N-dealkylation sites (N-methyl/N-ethyl adjacent to an activating group) is 1. The van der Waals surface area contributed by atoms with E-state index in [-0.39, 0.29) is 30.3 Å². The zero-order valence-electron chi connectivity index (χ0n) is 14.9. The van der Waals surface area contributed by atoms with Crippen LogP contribution in [0.4, 0.5) is 13.2 Å². The van der Waals surface area contributed by atoms with Gasteiger partial charge in [0.05, 0.1) is 23.5 Å². The average molecular weight is 416 g/mol. The average Bonchev–Trinajstić information content (AvgIpc) is 2.65. The Kier molecular flexibility index (Phi) is 7.03. The van der Waals surface area contributed by atoms with Gasteiger partial charge in [-0.15, -0.1) is 0 Å². The van der Waals surface area contributed by atoms with Crippen LogP contribution in [0.25, 0.3) is 0 Å². The molecule has 0 atom stereocenters. The zero-order chi connectivity index (χ0) is 20.8. The quantitative estimate of drug-likeness (QED) is 0.671. The summed E-state index contributed by atoms with van der Waals surface area (Å²) in [5.41, 5.74) is -0.782. The van der Waals surface area contributed by atoms with Gasteiger partial charge >= 0.3 is 6.18 Å². The molecule has 28 heavy (non-hydrogen) atoms. The lowest BCUT2D eigenvalue weighted by Crippen LogP contribution is -2.39. The molecule has 2 rings (SSSR count). The molecule has 0 aliphatic rings. The highest BCUT2D eigenvalue weighted by atomic mass is 32.2. The molecule has 0 saturated carbocycles. The number of nitrogens with one attached hydrogen (secondary N) is 1. The molecule has 0 heterocycles. The van der Waals surface area contributed by atoms with Gasteiger partial charge in [-0.1, -0.05) is 18.2 Å². The maximum atomic E-state index is 12.5. The van der Waals surface area contributed by atoms with Crippen LogP contribution in [0.15, 0.2) is 59.5 Å². The number of hydrogen-bond donors (Lipinski definition) is 1. The molecule has 2 aromatic rings. The van der Waals surface area contributed by atoms with E-state index in [0.29, 0.717) is 0 Å². The van der Waals surface area contributed by atoms with Crippen molar-refractivity contribution in [2.24, 2.45) is 0 Å². The predicted octanol–water partition coefficient (Wildman–Crippen LogP) is 2.52. The molecule has 0 aliphatic carbocycles. The molecule has 0 radical (unpaired) electrons. The normalized spacial score (nSPS) is 12.0. The molecule has 0 bridgehead atoms. The summed E-state index contributed by atoms with van der Waals surface area (Å²) in [5.74, 6) is -0.302. The molecule has 0 aliphatic heterocycles. The maximum absolute atomic E-state index is 12.5. The topological polar surface area (TPSA) is 75.7 Å². The Hall–Kier alpha value is -2.59. The van der Waals surface area contributed by atoms with Crippen LogP contribution >= 0.6 is 0 Å². The molecule has 0 spiro atoms. The van der Waals surface area contributed by atoms with Crippen LogP contribution in [0.3, 0.4) is 0 Å². The number of benzene rings is 2. The predicted molar refractivity (Wildman–Crippen MR) is 96.2 cm³/mol. The number of carbonyl (C=O) groups is 1. The Balaban J connectivity index is 1.77. The van der Waals surface area contributed by atoms with Gasteiger partial charge in [-0.25, -0.2) is 8.42 Å². The Labute approximate surface area is 161 Å². The van der Waals surface area contributed by atoms with Crippen molar-refractivity contribution in [2.45, 2.75) is 11.1 Å². The fourth-order valence-electron chi connectivity index (χ4n) is 2.22. The van der Waals surface area contributed by atoms with Gasteiger partial charge in [0.25, 0.3) is 0 Å². The third-order valence-electron chi connectivity index (χ3n) is 3.69. The van der Waals surface area contributed by atoms with Crippen LogP contribution < -0.4 is 10.1 Å². The van der Waals surface area contributed by atoms with Gasteiger partial charge in [0.2, 0.25) is 15.9 Å². The van der Waals surface area contributed by atoms with E-state index in [1.54, 1.807) is 18.2 Å². The van der Waals surface area contributed by atoms with Crippen molar-refractivity contribution in [3.8, 4) is 5.75 Å². The smallest absolute Gasteiger partial charge is 0.416 e. The second-order valence-corrected chi connectivity index (χ2v) is 7.84. The van der Waals surface area contributed by atoms with Gasteiger partial charge in [-0.3, -0.25) is 4.79 Å². The van der Waals surface area contributed by atoms with Crippen LogP contribution in [-0.4, -0.2) is 45.4 Å². The number of amides is 1. The molecule has 0 fully saturated rings. The van der Waals surface area contributed by atoms with Crippen molar-refractivity contribution in [1.82, 2.24) is 9.62 Å². The monoisotopic (exact) mass is 416 g/mol. The Morgan fingerprint density at radius 1 is 1.07 bits per heavy atom. The first-order valence-corrected chi connectivity index (χ1v) is 9.63. The van der Waals surface area contributed by atoms with Crippen molar-refractivity contribution < 1.29 is 31.1 Å². The second kappa shape index (κ2) is 9.07. The van der Waals surface area contributed by atoms with E-state index in [9.17, 15) is 26.4 Å². The minimum Gasteiger partial charge on any atom is -0.492 e. The molecule has 1 amide bonds. The molecule has 152 valence electrons. The van der Waals surface area contributed by atoms with Crippen molar-refractivity contribution in [1.29, 1.82) is 0 Å². The standard InChI is InChI=1S/C18H19F3N2O4S/c1-23(28(25,26)16-5-3-2-4-6-16)13-17(24)22-11-12-27-15-9-7-14(8-10-15)18(19,20)21/h2-10H,11-13H2,1H3,(H,22,24). The van der Waals surface area contributed by atoms with Crippen molar-refractivity contribution in [2.75, 3.05) is 26.7 Å². The number of carbonyl (C=O) groups excluding carboxylic acids is 1. The van der Waals surface area contributed by atoms with E-state index in [2.05, 4.69) is 5.32 Å². The van der Waals surface area contributed by atoms with E-state index in [4.69, 9.17) is 4.74 Å². The fraction of sp³-hybridized carbons (Fsp3) is 0.278. The van der Waals surface area contributed by atoms with Gasteiger partial charge in [0.15, 0.2) is 0 Å². The highest BCUT2D eigenvalue weighted by Crippen LogP contribution is 2.30. The molecule has 6 nitrogen and oxygen atoms in total. The Morgan fingerprint density at radius 2 is 1.68 bits per heavy atom. The number of ether oxygens (including phenoxy) is 1. The first-order chi connectivity index (χ1) is 13.1. The number of sulfonamides is 1. The zero-order valence-corrected chi connectivity index (χ0v) is 15.8. The lowest BCUT2D eigenvalue weighted by molar-refractivity contribution is -0.137. The van der Waals surface area contributed by atoms with Crippen molar-refractivity contribution in [3.05, 3.63) is 60.2 Å². The van der Waals surface area contributed by atoms with Crippen molar-refractivity contribution >= 4 is 15.9 Å². The molecule has 10 heteroatoms. The third kappa shape index (κ3) is 5.96. The minimum absolute atomic E-state index is 0.0201. The number of alkyl halides is 3. The molecule has 0 aromatic heterocycles. The summed E-state index contributed by atoms with van der Waals surface area (Å²) in [6.07, 6.45) is -4.42. The molecule has 0 unspecified atom stereocenters. The number of halogens is 3. The Morgan fingerprint density at radius 3 is 2.25 bits per heavy atom. The van der Waals surface area contributed by atoms with Crippen molar-refractivity contribution in [3.63, 3.8) is 0 Å². The fourth-order valence-corrected chi connectivity index (χ4v) is 3.36. The molecular formula is C18H19F3N2O4S. The van der Waals surface area contributed by atoms with Gasteiger partial charge in [0, 0.05) is 7.05 Å². The molecule has 2 aromatic carbocycles. The lowest BCUT2D eigenvalue weighted by atomic mass is 10.2. The van der Waals surface area contributed by atoms with Crippen LogP contribution in [-0.2, 0) is 21.0 Å². The highest BCUT2D eigenvalue weighted by molar-refractivity contribution is 7.89. The van der Waals surface area contributed by atoms with E-state index in [1.165, 1.54) is 31.3 Å². The van der Waals surface area contributed by atoms with Gasteiger partial charge in [-0.05, 0) is 36.4 Å². The summed E-state index contributed by atoms with van der Waals surface area (Å²) in [6.45, 7) is -0.289. The van der Waals surface area contributed by atoms with Gasteiger partial charge < -0.3 is 10.1 Å². The van der Waals surface area contributed by atoms with Crippen LogP contribution in [0.1, 0.15) is 5.56 Å². The summed E-state index contributed by atoms with van der Waals surface area (Å²) >= 11 is 0. The molecule has 1 N–H and O–H groups in total. The summed E-state index contributed by atoms with van der Waals surface area (Å²) in [7, 11) is -2.48. The number of hydrogen-bond acceptors (Lipinski definition) is 4. The third-order valence-corrected chi connectivity index (χ3v) is 5.51. The van der Waals surface area contributed by atoms with E-state index < -0.39 is 27.7 Å². The van der Waals surface area contributed by atoms with Crippen LogP contribution in [0, 0.1) is 0 Å². The minimum atomic E-state index is -4.42. The SMILES string of the molecule is CN(CC(=O)NCCOc1ccc(C(F)(F)F)cc1)S(=O)(=O)c1ccccc1. The second-order valence-electron chi connectivity index (χ2n) is 5.79. The number of nitrogens with zero attached hydrogens (tertiary/aromatic N) is 1. The number of rotatable bonds is 8.